The van der Waals surface area contributed by atoms with E-state index in [1.807, 2.05) is 0 Å². The van der Waals surface area contributed by atoms with Gasteiger partial charge in [0, 0.05) is 17.2 Å². The van der Waals surface area contributed by atoms with Crippen LogP contribution in [0.3, 0.4) is 0 Å². The second-order valence-corrected chi connectivity index (χ2v) is 4.71. The van der Waals surface area contributed by atoms with Gasteiger partial charge in [0.15, 0.2) is 0 Å². The van der Waals surface area contributed by atoms with Gasteiger partial charge in [-0.25, -0.2) is 4.39 Å². The minimum absolute atomic E-state index is 0.0641. The van der Waals surface area contributed by atoms with Gasteiger partial charge >= 0.3 is 0 Å². The first kappa shape index (κ1) is 13.3. The first-order valence-corrected chi connectivity index (χ1v) is 6.38. The van der Waals surface area contributed by atoms with Gasteiger partial charge in [0.05, 0.1) is 6.42 Å². The maximum Gasteiger partial charge on any atom is 0.226 e. The van der Waals surface area contributed by atoms with Crippen LogP contribution in [0, 0.1) is 5.82 Å². The molecule has 0 aromatic heterocycles. The lowest BCUT2D eigenvalue weighted by Gasteiger charge is -2.23. The number of halogens is 2. The lowest BCUT2D eigenvalue weighted by atomic mass is 10.1. The molecule has 1 aromatic carbocycles. The van der Waals surface area contributed by atoms with Crippen LogP contribution in [0.25, 0.3) is 0 Å². The molecule has 1 N–H and O–H groups in total. The van der Waals surface area contributed by atoms with Crippen LogP contribution in [0.1, 0.15) is 24.8 Å². The molecule has 5 heteroatoms. The summed E-state index contributed by atoms with van der Waals surface area (Å²) >= 11 is 5.87. The van der Waals surface area contributed by atoms with Crippen LogP contribution < -0.4 is 5.32 Å². The largest absolute Gasteiger partial charge is 0.359 e. The molecule has 1 fully saturated rings. The van der Waals surface area contributed by atoms with E-state index in [4.69, 9.17) is 16.3 Å². The van der Waals surface area contributed by atoms with Crippen LogP contribution >= 0.6 is 11.6 Å². The number of amides is 1. The number of nitrogens with one attached hydrogen (secondary N) is 1. The predicted octanol–water partition coefficient (Wildman–Crippen LogP) is 2.66. The summed E-state index contributed by atoms with van der Waals surface area (Å²) in [7, 11) is 0. The maximum absolute atomic E-state index is 13.5. The van der Waals surface area contributed by atoms with E-state index in [0.29, 0.717) is 6.61 Å². The summed E-state index contributed by atoms with van der Waals surface area (Å²) in [6, 6.07) is 4.39. The van der Waals surface area contributed by atoms with Gasteiger partial charge in [0.25, 0.3) is 0 Å². The third-order valence-electron chi connectivity index (χ3n) is 2.90. The van der Waals surface area contributed by atoms with Crippen LogP contribution in [0.2, 0.25) is 5.02 Å². The number of ether oxygens (including phenoxy) is 1. The molecule has 1 atom stereocenters. The summed E-state index contributed by atoms with van der Waals surface area (Å²) in [6.45, 7) is 0.658. The highest BCUT2D eigenvalue weighted by Crippen LogP contribution is 2.19. The zero-order chi connectivity index (χ0) is 13.0. The molecule has 2 rings (SSSR count). The lowest BCUT2D eigenvalue weighted by molar-refractivity contribution is -0.126. The van der Waals surface area contributed by atoms with Crippen molar-refractivity contribution < 1.29 is 13.9 Å². The quantitative estimate of drug-likeness (QED) is 0.918. The normalized spacial score (nSPS) is 19.6. The molecular formula is C13H15ClFNO2. The SMILES string of the molecule is O=C(Cc1c(F)cccc1Cl)NC1CCCCO1. The van der Waals surface area contributed by atoms with Crippen LogP contribution in [0.5, 0.6) is 0 Å². The molecule has 0 bridgehead atoms. The van der Waals surface area contributed by atoms with Crippen molar-refractivity contribution in [1.82, 2.24) is 5.32 Å². The van der Waals surface area contributed by atoms with Crippen molar-refractivity contribution in [3.63, 3.8) is 0 Å². The summed E-state index contributed by atoms with van der Waals surface area (Å²) < 4.78 is 18.9. The van der Waals surface area contributed by atoms with Crippen LogP contribution in [-0.4, -0.2) is 18.7 Å². The fourth-order valence-corrected chi connectivity index (χ4v) is 2.18. The molecule has 1 aliphatic heterocycles. The first-order valence-electron chi connectivity index (χ1n) is 6.00. The molecule has 18 heavy (non-hydrogen) atoms. The molecule has 1 aromatic rings. The summed E-state index contributed by atoms with van der Waals surface area (Å²) in [6.07, 6.45) is 2.54. The van der Waals surface area contributed by atoms with Crippen molar-refractivity contribution in [3.05, 3.63) is 34.6 Å². The Hall–Kier alpha value is -1.13. The van der Waals surface area contributed by atoms with E-state index in [0.717, 1.165) is 19.3 Å². The van der Waals surface area contributed by atoms with Gasteiger partial charge in [-0.1, -0.05) is 17.7 Å². The van der Waals surface area contributed by atoms with E-state index < -0.39 is 5.82 Å². The summed E-state index contributed by atoms with van der Waals surface area (Å²) in [5.41, 5.74) is 0.229. The van der Waals surface area contributed by atoms with Gasteiger partial charge in [-0.05, 0) is 31.4 Å². The third-order valence-corrected chi connectivity index (χ3v) is 3.25. The topological polar surface area (TPSA) is 38.3 Å². The molecule has 1 unspecified atom stereocenters. The molecule has 0 aliphatic carbocycles. The van der Waals surface area contributed by atoms with E-state index in [1.54, 1.807) is 6.07 Å². The molecule has 0 radical (unpaired) electrons. The zero-order valence-electron chi connectivity index (χ0n) is 9.92. The second kappa shape index (κ2) is 6.16. The van der Waals surface area contributed by atoms with Crippen molar-refractivity contribution in [1.29, 1.82) is 0 Å². The fraction of sp³-hybridized carbons (Fsp3) is 0.462. The monoisotopic (exact) mass is 271 g/mol. The predicted molar refractivity (Wildman–Crippen MR) is 66.8 cm³/mol. The molecule has 0 spiro atoms. The Morgan fingerprint density at radius 3 is 3.00 bits per heavy atom. The molecule has 3 nitrogen and oxygen atoms in total. The van der Waals surface area contributed by atoms with E-state index in [2.05, 4.69) is 5.32 Å². The number of carbonyl (C=O) groups is 1. The molecule has 1 saturated heterocycles. The molecule has 98 valence electrons. The minimum atomic E-state index is -0.456. The van der Waals surface area contributed by atoms with E-state index in [1.165, 1.54) is 12.1 Å². The Morgan fingerprint density at radius 1 is 1.50 bits per heavy atom. The van der Waals surface area contributed by atoms with Crippen molar-refractivity contribution in [3.8, 4) is 0 Å². The van der Waals surface area contributed by atoms with Crippen LogP contribution in [0.15, 0.2) is 18.2 Å². The van der Waals surface area contributed by atoms with E-state index in [9.17, 15) is 9.18 Å². The Balaban J connectivity index is 1.94. The summed E-state index contributed by atoms with van der Waals surface area (Å²) in [4.78, 5) is 11.8. The van der Waals surface area contributed by atoms with Gasteiger partial charge in [0.2, 0.25) is 5.91 Å². The Bertz CT molecular complexity index is 413. The number of carbonyl (C=O) groups excluding carboxylic acids is 1. The van der Waals surface area contributed by atoms with Crippen molar-refractivity contribution in [2.45, 2.75) is 31.9 Å². The number of hydrogen-bond donors (Lipinski definition) is 1. The number of rotatable bonds is 3. The summed E-state index contributed by atoms with van der Waals surface area (Å²) in [5.74, 6) is -0.726. The van der Waals surface area contributed by atoms with Crippen LogP contribution in [0.4, 0.5) is 4.39 Å². The Morgan fingerprint density at radius 2 is 2.33 bits per heavy atom. The Labute approximate surface area is 110 Å². The fourth-order valence-electron chi connectivity index (χ4n) is 1.95. The van der Waals surface area contributed by atoms with Crippen molar-refractivity contribution >= 4 is 17.5 Å². The van der Waals surface area contributed by atoms with Gasteiger partial charge < -0.3 is 10.1 Å². The van der Waals surface area contributed by atoms with Crippen LogP contribution in [-0.2, 0) is 16.0 Å². The molecular weight excluding hydrogens is 257 g/mol. The lowest BCUT2D eigenvalue weighted by Crippen LogP contribution is -2.39. The van der Waals surface area contributed by atoms with Crippen molar-refractivity contribution in [2.24, 2.45) is 0 Å². The Kier molecular flexibility index (Phi) is 4.55. The van der Waals surface area contributed by atoms with E-state index >= 15 is 0 Å². The third kappa shape index (κ3) is 3.43. The van der Waals surface area contributed by atoms with Gasteiger partial charge in [-0.3, -0.25) is 4.79 Å². The smallest absolute Gasteiger partial charge is 0.226 e. The van der Waals surface area contributed by atoms with E-state index in [-0.39, 0.29) is 29.1 Å². The average Bonchev–Trinajstić information content (AvgIpc) is 2.35. The average molecular weight is 272 g/mol. The van der Waals surface area contributed by atoms with Gasteiger partial charge in [0.1, 0.15) is 12.0 Å². The van der Waals surface area contributed by atoms with Gasteiger partial charge in [-0.15, -0.1) is 0 Å². The molecule has 1 aliphatic rings. The second-order valence-electron chi connectivity index (χ2n) is 4.30. The zero-order valence-corrected chi connectivity index (χ0v) is 10.7. The summed E-state index contributed by atoms with van der Waals surface area (Å²) in [5, 5.41) is 3.01. The highest BCUT2D eigenvalue weighted by Gasteiger charge is 2.18. The first-order chi connectivity index (χ1) is 8.66. The maximum atomic E-state index is 13.5. The molecule has 1 heterocycles. The van der Waals surface area contributed by atoms with Gasteiger partial charge in [-0.2, -0.15) is 0 Å². The molecule has 1 amide bonds. The highest BCUT2D eigenvalue weighted by atomic mass is 35.5. The highest BCUT2D eigenvalue weighted by molar-refractivity contribution is 6.31. The number of benzene rings is 1. The molecule has 0 saturated carbocycles. The number of hydrogen-bond acceptors (Lipinski definition) is 2. The van der Waals surface area contributed by atoms with Crippen molar-refractivity contribution in [2.75, 3.05) is 6.61 Å². The standard InChI is InChI=1S/C13H15ClFNO2/c14-10-4-3-5-11(15)9(10)8-12(17)16-13-6-1-2-7-18-13/h3-5,13H,1-2,6-8H2,(H,16,17). The minimum Gasteiger partial charge on any atom is -0.359 e.